The lowest BCUT2D eigenvalue weighted by molar-refractivity contribution is -0.128. The van der Waals surface area contributed by atoms with Gasteiger partial charge in [-0.3, -0.25) is 4.79 Å². The molecular weight excluding hydrogens is 210 g/mol. The average molecular weight is 231 g/mol. The third-order valence-electron chi connectivity index (χ3n) is 3.91. The molecule has 2 rings (SSSR count). The average Bonchev–Trinajstić information content (AvgIpc) is 2.71. The molecule has 17 heavy (non-hydrogen) atoms. The van der Waals surface area contributed by atoms with Crippen molar-refractivity contribution in [3.63, 3.8) is 0 Å². The summed E-state index contributed by atoms with van der Waals surface area (Å²) in [5.41, 5.74) is 1.23. The smallest absolute Gasteiger partial charge is 0.223 e. The molecule has 1 aromatic carbocycles. The summed E-state index contributed by atoms with van der Waals surface area (Å²) < 4.78 is 0. The number of rotatable bonds is 4. The molecule has 0 saturated carbocycles. The molecule has 1 heterocycles. The highest BCUT2D eigenvalue weighted by Gasteiger charge is 2.31. The number of hydrogen-bond acceptors (Lipinski definition) is 1. The zero-order valence-corrected chi connectivity index (χ0v) is 10.7. The number of carbonyl (C=O) groups excluding carboxylic acids is 1. The second kappa shape index (κ2) is 5.35. The van der Waals surface area contributed by atoms with Crippen LogP contribution in [0.15, 0.2) is 30.3 Å². The maximum Gasteiger partial charge on any atom is 0.223 e. The van der Waals surface area contributed by atoms with Crippen LogP contribution in [0.4, 0.5) is 0 Å². The van der Waals surface area contributed by atoms with Gasteiger partial charge in [-0.1, -0.05) is 50.6 Å². The van der Waals surface area contributed by atoms with Crippen molar-refractivity contribution in [2.75, 3.05) is 6.54 Å². The Morgan fingerprint density at radius 1 is 1.35 bits per heavy atom. The lowest BCUT2D eigenvalue weighted by atomic mass is 9.91. The van der Waals surface area contributed by atoms with Gasteiger partial charge in [0, 0.05) is 19.5 Å². The van der Waals surface area contributed by atoms with Gasteiger partial charge in [-0.2, -0.15) is 0 Å². The largest absolute Gasteiger partial charge is 0.338 e. The maximum absolute atomic E-state index is 11.9. The summed E-state index contributed by atoms with van der Waals surface area (Å²) in [6.07, 6.45) is 1.90. The number of nitrogens with zero attached hydrogens (tertiary/aromatic N) is 1. The molecular formula is C15H21NO. The monoisotopic (exact) mass is 231 g/mol. The summed E-state index contributed by atoms with van der Waals surface area (Å²) >= 11 is 0. The zero-order valence-electron chi connectivity index (χ0n) is 10.7. The molecule has 0 spiro atoms. The van der Waals surface area contributed by atoms with Crippen LogP contribution in [0.2, 0.25) is 0 Å². The van der Waals surface area contributed by atoms with Gasteiger partial charge >= 0.3 is 0 Å². The fraction of sp³-hybridized carbons (Fsp3) is 0.533. The predicted octanol–water partition coefficient (Wildman–Crippen LogP) is 3.08. The van der Waals surface area contributed by atoms with Gasteiger partial charge in [-0.05, 0) is 17.4 Å². The van der Waals surface area contributed by atoms with E-state index in [2.05, 4.69) is 26.0 Å². The first-order valence-electron chi connectivity index (χ1n) is 6.52. The summed E-state index contributed by atoms with van der Waals surface area (Å²) in [5, 5.41) is 0. The Balaban J connectivity index is 1.97. The van der Waals surface area contributed by atoms with E-state index in [1.807, 2.05) is 23.1 Å². The second-order valence-corrected chi connectivity index (χ2v) is 5.11. The predicted molar refractivity (Wildman–Crippen MR) is 69.4 cm³/mol. The Morgan fingerprint density at radius 2 is 2.06 bits per heavy atom. The van der Waals surface area contributed by atoms with Crippen molar-refractivity contribution < 1.29 is 4.79 Å². The summed E-state index contributed by atoms with van der Waals surface area (Å²) in [6.45, 7) is 6.16. The number of carbonyl (C=O) groups is 1. The van der Waals surface area contributed by atoms with Crippen LogP contribution in [0.5, 0.6) is 0 Å². The van der Waals surface area contributed by atoms with Gasteiger partial charge in [0.2, 0.25) is 5.91 Å². The first kappa shape index (κ1) is 12.2. The molecule has 92 valence electrons. The van der Waals surface area contributed by atoms with Crippen LogP contribution in [-0.4, -0.2) is 17.4 Å². The van der Waals surface area contributed by atoms with E-state index in [1.165, 1.54) is 5.56 Å². The topological polar surface area (TPSA) is 20.3 Å². The first-order valence-corrected chi connectivity index (χ1v) is 6.52. The zero-order chi connectivity index (χ0) is 12.3. The van der Waals surface area contributed by atoms with Gasteiger partial charge < -0.3 is 4.90 Å². The standard InChI is InChI=1S/C15H21NO/c1-3-12(2)14-9-15(17)16(11-14)10-13-7-5-4-6-8-13/h4-8,12,14H,3,9-11H2,1-2H3. The maximum atomic E-state index is 11.9. The van der Waals surface area contributed by atoms with E-state index in [9.17, 15) is 4.79 Å². The van der Waals surface area contributed by atoms with Gasteiger partial charge in [0.15, 0.2) is 0 Å². The van der Waals surface area contributed by atoms with Crippen molar-refractivity contribution in [1.82, 2.24) is 4.90 Å². The van der Waals surface area contributed by atoms with E-state index >= 15 is 0 Å². The van der Waals surface area contributed by atoms with E-state index in [4.69, 9.17) is 0 Å². The molecule has 1 fully saturated rings. The number of benzene rings is 1. The van der Waals surface area contributed by atoms with Gasteiger partial charge in [-0.25, -0.2) is 0 Å². The minimum atomic E-state index is 0.319. The first-order chi connectivity index (χ1) is 8.20. The highest BCUT2D eigenvalue weighted by Crippen LogP contribution is 2.27. The molecule has 0 N–H and O–H groups in total. The lowest BCUT2D eigenvalue weighted by Crippen LogP contribution is -2.25. The Bertz CT molecular complexity index is 374. The van der Waals surface area contributed by atoms with Gasteiger partial charge in [0.25, 0.3) is 0 Å². The quantitative estimate of drug-likeness (QED) is 0.780. The van der Waals surface area contributed by atoms with Crippen molar-refractivity contribution in [1.29, 1.82) is 0 Å². The summed E-state index contributed by atoms with van der Waals surface area (Å²) in [7, 11) is 0. The minimum Gasteiger partial charge on any atom is -0.338 e. The number of likely N-dealkylation sites (tertiary alicyclic amines) is 1. The highest BCUT2D eigenvalue weighted by molar-refractivity contribution is 5.78. The van der Waals surface area contributed by atoms with Crippen LogP contribution in [0.25, 0.3) is 0 Å². The van der Waals surface area contributed by atoms with Crippen LogP contribution >= 0.6 is 0 Å². The van der Waals surface area contributed by atoms with Crippen LogP contribution in [-0.2, 0) is 11.3 Å². The Morgan fingerprint density at radius 3 is 2.71 bits per heavy atom. The summed E-state index contributed by atoms with van der Waals surface area (Å²) in [5.74, 6) is 1.52. The fourth-order valence-electron chi connectivity index (χ4n) is 2.47. The molecule has 1 aromatic rings. The van der Waals surface area contributed by atoms with E-state index in [1.54, 1.807) is 0 Å². The van der Waals surface area contributed by atoms with Crippen LogP contribution < -0.4 is 0 Å². The second-order valence-electron chi connectivity index (χ2n) is 5.11. The van der Waals surface area contributed by atoms with Crippen LogP contribution in [0.1, 0.15) is 32.3 Å². The van der Waals surface area contributed by atoms with Gasteiger partial charge in [0.05, 0.1) is 0 Å². The molecule has 0 radical (unpaired) electrons. The van der Waals surface area contributed by atoms with Gasteiger partial charge in [0.1, 0.15) is 0 Å². The van der Waals surface area contributed by atoms with Crippen molar-refractivity contribution in [2.45, 2.75) is 33.2 Å². The Kier molecular flexibility index (Phi) is 3.82. The highest BCUT2D eigenvalue weighted by atomic mass is 16.2. The van der Waals surface area contributed by atoms with E-state index in [0.29, 0.717) is 17.7 Å². The van der Waals surface area contributed by atoms with Crippen molar-refractivity contribution in [3.05, 3.63) is 35.9 Å². The van der Waals surface area contributed by atoms with E-state index in [-0.39, 0.29) is 0 Å². The minimum absolute atomic E-state index is 0.319. The molecule has 2 nitrogen and oxygen atoms in total. The normalized spacial score (nSPS) is 21.9. The van der Waals surface area contributed by atoms with Crippen LogP contribution in [0.3, 0.4) is 0 Å². The summed E-state index contributed by atoms with van der Waals surface area (Å²) in [4.78, 5) is 13.9. The molecule has 0 bridgehead atoms. The van der Waals surface area contributed by atoms with Crippen molar-refractivity contribution >= 4 is 5.91 Å². The SMILES string of the molecule is CCC(C)C1CC(=O)N(Cc2ccccc2)C1. The lowest BCUT2D eigenvalue weighted by Gasteiger charge is -2.19. The third kappa shape index (κ3) is 2.87. The molecule has 2 heteroatoms. The Labute approximate surface area is 104 Å². The fourth-order valence-corrected chi connectivity index (χ4v) is 2.47. The molecule has 1 aliphatic rings. The summed E-state index contributed by atoms with van der Waals surface area (Å²) in [6, 6.07) is 10.2. The molecule has 0 aromatic heterocycles. The number of amides is 1. The Hall–Kier alpha value is -1.31. The molecule has 1 saturated heterocycles. The third-order valence-corrected chi connectivity index (χ3v) is 3.91. The van der Waals surface area contributed by atoms with E-state index in [0.717, 1.165) is 25.9 Å². The van der Waals surface area contributed by atoms with E-state index < -0.39 is 0 Å². The van der Waals surface area contributed by atoms with Crippen molar-refractivity contribution in [2.24, 2.45) is 11.8 Å². The molecule has 1 aliphatic heterocycles. The number of hydrogen-bond donors (Lipinski definition) is 0. The molecule has 0 aliphatic carbocycles. The molecule has 2 atom stereocenters. The van der Waals surface area contributed by atoms with Crippen molar-refractivity contribution in [3.8, 4) is 0 Å². The molecule has 2 unspecified atom stereocenters. The van der Waals surface area contributed by atoms with Crippen LogP contribution in [0, 0.1) is 11.8 Å². The van der Waals surface area contributed by atoms with Gasteiger partial charge in [-0.15, -0.1) is 0 Å². The molecule has 1 amide bonds.